The third-order valence-corrected chi connectivity index (χ3v) is 1.99. The lowest BCUT2D eigenvalue weighted by molar-refractivity contribution is 0.412. The van der Waals surface area contributed by atoms with Gasteiger partial charge in [0, 0.05) is 5.69 Å². The van der Waals surface area contributed by atoms with E-state index in [4.69, 9.17) is 10.5 Å². The number of hydrogen-bond donors (Lipinski definition) is 1. The van der Waals surface area contributed by atoms with Crippen LogP contribution >= 0.6 is 0 Å². The number of nitrogens with zero attached hydrogens (tertiary/aromatic N) is 1. The van der Waals surface area contributed by atoms with Crippen LogP contribution in [0.5, 0.6) is 5.75 Å². The fourth-order valence-electron chi connectivity index (χ4n) is 1.09. The summed E-state index contributed by atoms with van der Waals surface area (Å²) in [5.74, 6) is 1.28. The van der Waals surface area contributed by atoms with E-state index in [-0.39, 0.29) is 0 Å². The highest BCUT2D eigenvalue weighted by Crippen LogP contribution is 2.10. The molecule has 0 bridgehead atoms. The molecule has 3 nitrogen and oxygen atoms in total. The largest absolute Gasteiger partial charge is 0.495 e. The standard InChI is InChI=1S/C10H16N2O/c1-8(6-11)5-9-3-4-10(13-2)7-12-9/h3-4,7-8H,5-6,11H2,1-2H3. The average molecular weight is 180 g/mol. The van der Waals surface area contributed by atoms with Crippen molar-refractivity contribution in [2.45, 2.75) is 13.3 Å². The van der Waals surface area contributed by atoms with E-state index in [1.165, 1.54) is 0 Å². The maximum atomic E-state index is 5.52. The number of rotatable bonds is 4. The number of ether oxygens (including phenoxy) is 1. The molecule has 1 unspecified atom stereocenters. The van der Waals surface area contributed by atoms with Crippen LogP contribution in [0.15, 0.2) is 18.3 Å². The quantitative estimate of drug-likeness (QED) is 0.758. The molecule has 0 radical (unpaired) electrons. The highest BCUT2D eigenvalue weighted by Gasteiger charge is 2.02. The Balaban J connectivity index is 2.58. The number of methoxy groups -OCH3 is 1. The van der Waals surface area contributed by atoms with Crippen molar-refractivity contribution in [1.82, 2.24) is 4.98 Å². The van der Waals surface area contributed by atoms with Gasteiger partial charge in [-0.05, 0) is 31.0 Å². The minimum Gasteiger partial charge on any atom is -0.495 e. The molecule has 0 spiro atoms. The molecule has 0 aliphatic heterocycles. The molecule has 0 aromatic carbocycles. The second-order valence-corrected chi connectivity index (χ2v) is 3.23. The van der Waals surface area contributed by atoms with E-state index in [2.05, 4.69) is 11.9 Å². The van der Waals surface area contributed by atoms with Gasteiger partial charge < -0.3 is 10.5 Å². The van der Waals surface area contributed by atoms with Crippen molar-refractivity contribution in [3.63, 3.8) is 0 Å². The van der Waals surface area contributed by atoms with Gasteiger partial charge in [0.2, 0.25) is 0 Å². The van der Waals surface area contributed by atoms with E-state index in [1.54, 1.807) is 13.3 Å². The van der Waals surface area contributed by atoms with Crippen molar-refractivity contribution in [3.8, 4) is 5.75 Å². The van der Waals surface area contributed by atoms with Crippen molar-refractivity contribution in [1.29, 1.82) is 0 Å². The zero-order valence-corrected chi connectivity index (χ0v) is 8.16. The van der Waals surface area contributed by atoms with Gasteiger partial charge in [0.05, 0.1) is 13.3 Å². The Bertz CT molecular complexity index is 246. The fraction of sp³-hybridized carbons (Fsp3) is 0.500. The van der Waals surface area contributed by atoms with Crippen LogP contribution in [0.25, 0.3) is 0 Å². The summed E-state index contributed by atoms with van der Waals surface area (Å²) in [7, 11) is 1.64. The lowest BCUT2D eigenvalue weighted by Gasteiger charge is -2.07. The van der Waals surface area contributed by atoms with Crippen LogP contribution in [0.3, 0.4) is 0 Å². The fourth-order valence-corrected chi connectivity index (χ4v) is 1.09. The van der Waals surface area contributed by atoms with Gasteiger partial charge >= 0.3 is 0 Å². The Morgan fingerprint density at radius 2 is 2.31 bits per heavy atom. The van der Waals surface area contributed by atoms with Crippen LogP contribution < -0.4 is 10.5 Å². The number of nitrogens with two attached hydrogens (primary N) is 1. The van der Waals surface area contributed by atoms with Gasteiger partial charge in [-0.3, -0.25) is 4.98 Å². The molecule has 0 aliphatic rings. The predicted molar refractivity (Wildman–Crippen MR) is 52.7 cm³/mol. The third-order valence-electron chi connectivity index (χ3n) is 1.99. The van der Waals surface area contributed by atoms with E-state index in [1.807, 2.05) is 12.1 Å². The van der Waals surface area contributed by atoms with Crippen molar-refractivity contribution in [3.05, 3.63) is 24.0 Å². The first kappa shape index (κ1) is 9.99. The second-order valence-electron chi connectivity index (χ2n) is 3.23. The maximum Gasteiger partial charge on any atom is 0.137 e. The van der Waals surface area contributed by atoms with Crippen LogP contribution in [0.4, 0.5) is 0 Å². The van der Waals surface area contributed by atoms with Gasteiger partial charge in [-0.25, -0.2) is 0 Å². The zero-order chi connectivity index (χ0) is 9.68. The molecule has 1 aromatic heterocycles. The van der Waals surface area contributed by atoms with Gasteiger partial charge in [0.15, 0.2) is 0 Å². The summed E-state index contributed by atoms with van der Waals surface area (Å²) >= 11 is 0. The van der Waals surface area contributed by atoms with E-state index in [0.717, 1.165) is 17.9 Å². The van der Waals surface area contributed by atoms with Gasteiger partial charge in [0.1, 0.15) is 5.75 Å². The lowest BCUT2D eigenvalue weighted by Crippen LogP contribution is -2.13. The molecule has 0 saturated carbocycles. The van der Waals surface area contributed by atoms with Crippen LogP contribution in [0.1, 0.15) is 12.6 Å². The van der Waals surface area contributed by atoms with Gasteiger partial charge in [0.25, 0.3) is 0 Å². The van der Waals surface area contributed by atoms with Crippen molar-refractivity contribution in [2.24, 2.45) is 11.7 Å². The highest BCUT2D eigenvalue weighted by molar-refractivity contribution is 5.19. The van der Waals surface area contributed by atoms with Crippen LogP contribution in [0, 0.1) is 5.92 Å². The average Bonchev–Trinajstić information content (AvgIpc) is 2.19. The Morgan fingerprint density at radius 1 is 1.54 bits per heavy atom. The Kier molecular flexibility index (Phi) is 3.71. The van der Waals surface area contributed by atoms with E-state index in [9.17, 15) is 0 Å². The molecule has 1 heterocycles. The zero-order valence-electron chi connectivity index (χ0n) is 8.16. The van der Waals surface area contributed by atoms with Crippen LogP contribution in [0.2, 0.25) is 0 Å². The lowest BCUT2D eigenvalue weighted by atomic mass is 10.1. The van der Waals surface area contributed by atoms with Crippen LogP contribution in [-0.4, -0.2) is 18.6 Å². The smallest absolute Gasteiger partial charge is 0.137 e. The minimum absolute atomic E-state index is 0.487. The summed E-state index contributed by atoms with van der Waals surface area (Å²) in [5, 5.41) is 0. The molecule has 1 rings (SSSR count). The maximum absolute atomic E-state index is 5.52. The van der Waals surface area contributed by atoms with Crippen molar-refractivity contribution in [2.75, 3.05) is 13.7 Å². The third kappa shape index (κ3) is 3.03. The number of aromatic nitrogens is 1. The number of hydrogen-bond acceptors (Lipinski definition) is 3. The van der Waals surface area contributed by atoms with E-state index < -0.39 is 0 Å². The Morgan fingerprint density at radius 3 is 2.77 bits per heavy atom. The predicted octanol–water partition coefficient (Wildman–Crippen LogP) is 1.23. The highest BCUT2D eigenvalue weighted by atomic mass is 16.5. The molecule has 72 valence electrons. The molecule has 0 aliphatic carbocycles. The van der Waals surface area contributed by atoms with E-state index >= 15 is 0 Å². The van der Waals surface area contributed by atoms with E-state index in [0.29, 0.717) is 12.5 Å². The molecule has 13 heavy (non-hydrogen) atoms. The molecular weight excluding hydrogens is 164 g/mol. The molecular formula is C10H16N2O. The first-order valence-corrected chi connectivity index (χ1v) is 4.45. The van der Waals surface area contributed by atoms with Crippen molar-refractivity contribution >= 4 is 0 Å². The molecule has 0 amide bonds. The normalized spacial score (nSPS) is 12.5. The molecule has 0 saturated heterocycles. The Labute approximate surface area is 78.9 Å². The summed E-state index contributed by atoms with van der Waals surface area (Å²) in [6, 6.07) is 3.90. The molecule has 1 atom stereocenters. The van der Waals surface area contributed by atoms with Gasteiger partial charge in [-0.15, -0.1) is 0 Å². The first-order chi connectivity index (χ1) is 6.26. The Hall–Kier alpha value is -1.09. The SMILES string of the molecule is COc1ccc(CC(C)CN)nc1. The summed E-state index contributed by atoms with van der Waals surface area (Å²) in [5.41, 5.74) is 6.59. The van der Waals surface area contributed by atoms with Gasteiger partial charge in [-0.2, -0.15) is 0 Å². The molecule has 1 aromatic rings. The molecule has 0 fully saturated rings. The minimum atomic E-state index is 0.487. The summed E-state index contributed by atoms with van der Waals surface area (Å²) in [6.07, 6.45) is 2.67. The molecule has 2 N–H and O–H groups in total. The number of pyridine rings is 1. The van der Waals surface area contributed by atoms with Crippen molar-refractivity contribution < 1.29 is 4.74 Å². The molecule has 3 heteroatoms. The topological polar surface area (TPSA) is 48.1 Å². The summed E-state index contributed by atoms with van der Waals surface area (Å²) in [4.78, 5) is 4.26. The first-order valence-electron chi connectivity index (χ1n) is 4.45. The summed E-state index contributed by atoms with van der Waals surface area (Å²) in [6.45, 7) is 2.82. The van der Waals surface area contributed by atoms with Gasteiger partial charge in [-0.1, -0.05) is 6.92 Å². The van der Waals surface area contributed by atoms with Crippen LogP contribution in [-0.2, 0) is 6.42 Å². The monoisotopic (exact) mass is 180 g/mol. The summed E-state index contributed by atoms with van der Waals surface area (Å²) < 4.78 is 5.01. The second kappa shape index (κ2) is 4.82.